The molecule has 12 aromatic rings. The third kappa shape index (κ3) is 49.4. The number of phenolic OH excluding ortho intramolecular Hbond substituents is 3. The maximum Gasteiger partial charge on any atom is 0.429 e. The van der Waals surface area contributed by atoms with Crippen LogP contribution in [0.2, 0.25) is 0 Å². The minimum atomic E-state index is -6.12. The highest BCUT2D eigenvalue weighted by molar-refractivity contribution is 14.1. The van der Waals surface area contributed by atoms with Gasteiger partial charge < -0.3 is 52.5 Å². The van der Waals surface area contributed by atoms with E-state index in [0.717, 1.165) is 13.2 Å². The molecule has 0 amide bonds. The molecule has 26 nitrogen and oxygen atoms in total. The van der Waals surface area contributed by atoms with Crippen molar-refractivity contribution in [2.45, 2.75) is 82.2 Å². The van der Waals surface area contributed by atoms with Crippen molar-refractivity contribution in [2.24, 2.45) is 0 Å². The number of nitro groups is 1. The van der Waals surface area contributed by atoms with Crippen LogP contribution in [0.25, 0.3) is 0 Å². The highest BCUT2D eigenvalue weighted by Crippen LogP contribution is 2.38. The first-order valence-electron chi connectivity index (χ1n) is 40.0. The number of alkyl halides is 8. The van der Waals surface area contributed by atoms with Crippen molar-refractivity contribution >= 4 is 296 Å². The summed E-state index contributed by atoms with van der Waals surface area (Å²) in [6, 6.07) is 79.7. The van der Waals surface area contributed by atoms with E-state index in [0.29, 0.717) is 17.9 Å². The smallest absolute Gasteiger partial charge is 0.429 e. The number of carbonyl (C=O) groups is 4. The number of benzene rings is 12. The molecule has 0 spiro atoms. The Labute approximate surface area is 1020 Å². The van der Waals surface area contributed by atoms with Crippen molar-refractivity contribution in [3.05, 3.63) is 369 Å². The van der Waals surface area contributed by atoms with Crippen LogP contribution >= 0.6 is 226 Å². The fourth-order valence-electron chi connectivity index (χ4n) is 10.1. The summed E-state index contributed by atoms with van der Waals surface area (Å²) >= 11 is 17.0. The van der Waals surface area contributed by atoms with Gasteiger partial charge in [-0.1, -0.05) is 120 Å². The van der Waals surface area contributed by atoms with Gasteiger partial charge in [0.05, 0.1) is 79.5 Å². The third-order valence-corrected chi connectivity index (χ3v) is 38.7. The van der Waals surface area contributed by atoms with Crippen LogP contribution in [0, 0.1) is 86.0 Å². The minimum absolute atomic E-state index is 0.0465. The van der Waals surface area contributed by atoms with E-state index >= 15 is 0 Å². The highest BCUT2D eigenvalue weighted by Gasteiger charge is 2.50. The average molecular weight is 3700 g/mol. The Morgan fingerprint density at radius 3 is 0.980 bits per heavy atom. The van der Waals surface area contributed by atoms with Gasteiger partial charge in [-0.25, -0.2) is 61.6 Å². The standard InChI is InChI=1S/C20H26I.2C12H9FI.C12H9INO2.C10H6F3I3O6S.C10H7F3I2O6S.C9H8I2O6S.C8H3F2I3O5S/c1-19(2,3)15-7-11-17(12-8-15)21-18-13-9-16(10-14-18)20(4,5)6;2*13-10-6-8-12(9-7-10)14-11-4-2-1-3-5-11;15-14(16)12-8-6-11(7-9-12)13-10-4-2-1-3-5-10;11-10(12,13)5(2-23(19,20)21)22-9(18)6-3(14)1-4(15)8(17)7(6)16;11-10(12,13)7(3-22(18,19)20)21-9(17)5-1-4(14)2-6(15)8(5)16;10-5-3-6(8(12)7(11)4-5)9(13)17-1-2-18(14,15)16;9-8(10,19(15,16)17)7(14)18-6-4(12)1-3(11)2-5(6)13/h7-14H,1-6H3;2*1-9H;1-9H;1,5,17H,2H2,(H,19,20,21);1-2,7,16H,3H2,(H,18,19,20);3-4,12H,1-2H2,(H,14,15,16);1-2H,(H,15,16,17)/q4*+1;;;;/p-4. The SMILES string of the molecule is CC(C)(C)c1ccc([I+]c2ccc(C(C)(C)C)cc2)cc1.Fc1ccc([I+]c2ccccc2)cc1.Fc1ccc([I+]c2ccccc2)cc1.O=C(OC(CS(=O)(=O)[O-])C(F)(F)F)c1c(I)cc(I)c(O)c1I.O=C(OC(CS(=O)(=O)[O-])C(F)(F)F)c1cc(I)cc(I)c1O.O=C(OCCS(=O)(=O)[O-])c1cc(I)cc(I)c1O.O=C(Oc1c(I)cc(I)cc1I)C(F)(F)S(=O)(=O)[O-].O=[N+]([O-])c1ccc([I+]c2ccccc2)cc1. The molecular formula is C93H73F10I14NO25S4. The zero-order chi connectivity index (χ0) is 111. The largest absolute Gasteiger partial charge is 0.748 e. The number of nitro benzene ring substituents is 1. The van der Waals surface area contributed by atoms with Crippen LogP contribution in [0.3, 0.4) is 0 Å². The summed E-state index contributed by atoms with van der Waals surface area (Å²) in [6.07, 6.45) is -16.7. The van der Waals surface area contributed by atoms with E-state index in [9.17, 15) is 140 Å². The Hall–Kier alpha value is -3.52. The molecule has 0 saturated carbocycles. The number of phenols is 3. The fraction of sp³-hybridized carbons (Fsp3) is 0.183. The van der Waals surface area contributed by atoms with E-state index in [-0.39, 0.29) is 157 Å². The molecule has 2 atom stereocenters. The van der Waals surface area contributed by atoms with E-state index in [4.69, 9.17) is 0 Å². The third-order valence-electron chi connectivity index (χ3n) is 17.2. The van der Waals surface area contributed by atoms with E-state index in [2.05, 4.69) is 145 Å². The maximum absolute atomic E-state index is 13.0. The van der Waals surface area contributed by atoms with Gasteiger partial charge in [0.25, 0.3) is 5.69 Å². The molecule has 12 rings (SSSR count). The van der Waals surface area contributed by atoms with Crippen LogP contribution in [0.15, 0.2) is 255 Å². The first-order chi connectivity index (χ1) is 67.8. The lowest BCUT2D eigenvalue weighted by Gasteiger charge is -2.22. The van der Waals surface area contributed by atoms with Crippen LogP contribution in [-0.4, -0.2) is 150 Å². The van der Waals surface area contributed by atoms with Gasteiger partial charge >= 0.3 is 126 Å². The quantitative estimate of drug-likeness (QED) is 0.00739. The lowest BCUT2D eigenvalue weighted by atomic mass is 9.87. The molecule has 0 aliphatic heterocycles. The number of hydrogen-bond donors (Lipinski definition) is 3. The molecule has 0 aliphatic carbocycles. The molecule has 0 bridgehead atoms. The number of non-ortho nitro benzene ring substituents is 1. The van der Waals surface area contributed by atoms with Crippen molar-refractivity contribution in [3.8, 4) is 23.0 Å². The Bertz CT molecular complexity index is 6840. The number of esters is 4. The first-order valence-corrected chi connectivity index (χ1v) is 65.6. The van der Waals surface area contributed by atoms with Gasteiger partial charge in [-0.15, -0.1) is 0 Å². The number of halogens is 24. The molecule has 0 heterocycles. The van der Waals surface area contributed by atoms with Crippen LogP contribution in [0.4, 0.5) is 49.6 Å². The normalized spacial score (nSPS) is 12.0. The first kappa shape index (κ1) is 134. The lowest BCUT2D eigenvalue weighted by molar-refractivity contribution is -0.597. The second-order valence-corrected chi connectivity index (χ2v) is 60.4. The number of nitrogens with zero attached hydrogens (tertiary/aromatic N) is 1. The van der Waals surface area contributed by atoms with Crippen LogP contribution < -0.4 is 89.6 Å². The summed E-state index contributed by atoms with van der Waals surface area (Å²) in [4.78, 5) is 56.5. The van der Waals surface area contributed by atoms with Crippen molar-refractivity contribution < 1.29 is 239 Å². The average Bonchev–Trinajstić information content (AvgIpc) is 0.802. The molecular weight excluding hydrogens is 3630 g/mol. The molecule has 0 aliphatic rings. The Kier molecular flexibility index (Phi) is 56.0. The van der Waals surface area contributed by atoms with E-state index in [1.54, 1.807) is 176 Å². The second-order valence-electron chi connectivity index (χ2n) is 30.6. The van der Waals surface area contributed by atoms with E-state index in [1.807, 2.05) is 159 Å². The van der Waals surface area contributed by atoms with Crippen molar-refractivity contribution in [1.29, 1.82) is 0 Å². The topological polar surface area (TPSA) is 438 Å². The van der Waals surface area contributed by atoms with Gasteiger partial charge in [0.2, 0.25) is 12.2 Å². The van der Waals surface area contributed by atoms with Crippen LogP contribution in [-0.2, 0) is 70.3 Å². The van der Waals surface area contributed by atoms with Gasteiger partial charge in [-0.2, -0.15) is 35.1 Å². The molecule has 0 radical (unpaired) electrons. The van der Waals surface area contributed by atoms with Crippen molar-refractivity contribution in [3.63, 3.8) is 0 Å². The fourth-order valence-corrected chi connectivity index (χ4v) is 32.0. The Balaban J connectivity index is 0.000000297. The van der Waals surface area contributed by atoms with E-state index in [1.165, 1.54) is 94.3 Å². The van der Waals surface area contributed by atoms with Gasteiger partial charge in [0.15, 0.2) is 44.4 Å². The summed E-state index contributed by atoms with van der Waals surface area (Å²) in [5.74, 6) is -12.7. The molecule has 12 aromatic carbocycles. The number of rotatable bonds is 24. The van der Waals surface area contributed by atoms with E-state index < -0.39 is 129 Å². The van der Waals surface area contributed by atoms with Crippen molar-refractivity contribution in [2.75, 3.05) is 23.9 Å². The molecule has 3 N–H and O–H groups in total. The minimum Gasteiger partial charge on any atom is -0.748 e. The number of carbonyl (C=O) groups excluding carboxylic acids is 4. The summed E-state index contributed by atoms with van der Waals surface area (Å²) < 4.78 is 284. The summed E-state index contributed by atoms with van der Waals surface area (Å²) in [6.45, 7) is 13.1. The Morgan fingerprint density at radius 1 is 0.381 bits per heavy atom. The molecule has 2 unspecified atom stereocenters. The van der Waals surface area contributed by atoms with Gasteiger partial charge in [0.1, 0.15) is 46.6 Å². The highest BCUT2D eigenvalue weighted by atomic mass is 127. The molecule has 54 heteroatoms. The second kappa shape index (κ2) is 61.4. The zero-order valence-electron chi connectivity index (χ0n) is 75.2. The monoisotopic (exact) mass is 3700 g/mol. The molecule has 147 heavy (non-hydrogen) atoms. The van der Waals surface area contributed by atoms with Crippen molar-refractivity contribution in [1.82, 2.24) is 0 Å². The molecule has 792 valence electrons. The predicted molar refractivity (Wildman–Crippen MR) is 588 cm³/mol. The molecule has 0 fully saturated rings. The van der Waals surface area contributed by atoms with Crippen LogP contribution in [0.1, 0.15) is 83.7 Å². The maximum atomic E-state index is 13.0. The summed E-state index contributed by atoms with van der Waals surface area (Å²) in [5, 5.41) is 34.4. The number of ether oxygens (including phenoxy) is 4. The summed E-state index contributed by atoms with van der Waals surface area (Å²) in [7, 11) is -21.1. The lowest BCUT2D eigenvalue weighted by Crippen LogP contribution is -3.61. The molecule has 0 aromatic heterocycles. The number of hydrogen-bond acceptors (Lipinski definition) is 25. The molecule has 0 saturated heterocycles. The summed E-state index contributed by atoms with van der Waals surface area (Å²) in [5.41, 5.74) is 2.50. The van der Waals surface area contributed by atoms with Gasteiger partial charge in [0, 0.05) is 26.4 Å². The predicted octanol–water partition coefficient (Wildman–Crippen LogP) is 11.0. The van der Waals surface area contributed by atoms with Gasteiger partial charge in [-0.3, -0.25) is 10.1 Å². The number of aromatic hydroxyl groups is 3. The zero-order valence-corrected chi connectivity index (χ0v) is 109. The Morgan fingerprint density at radius 2 is 0.673 bits per heavy atom. The van der Waals surface area contributed by atoms with Gasteiger partial charge in [-0.05, 0) is 412 Å². The van der Waals surface area contributed by atoms with Crippen LogP contribution in [0.5, 0.6) is 23.0 Å².